The van der Waals surface area contributed by atoms with Crippen molar-refractivity contribution in [3.8, 4) is 0 Å². The van der Waals surface area contributed by atoms with E-state index in [9.17, 15) is 4.39 Å². The van der Waals surface area contributed by atoms with E-state index >= 15 is 0 Å². The summed E-state index contributed by atoms with van der Waals surface area (Å²) >= 11 is 0. The second kappa shape index (κ2) is 10.5. The minimum atomic E-state index is -0.149. The predicted octanol–water partition coefficient (Wildman–Crippen LogP) is 5.82. The predicted molar refractivity (Wildman–Crippen MR) is 105 cm³/mol. The maximum absolute atomic E-state index is 14.2. The summed E-state index contributed by atoms with van der Waals surface area (Å²) in [4.78, 5) is 0. The van der Waals surface area contributed by atoms with E-state index in [1.807, 2.05) is 6.07 Å². The van der Waals surface area contributed by atoms with Crippen LogP contribution in [0, 0.1) is 17.7 Å². The van der Waals surface area contributed by atoms with Crippen molar-refractivity contribution >= 4 is 0 Å². The van der Waals surface area contributed by atoms with Crippen LogP contribution in [-0.2, 0) is 20.8 Å². The first-order chi connectivity index (χ1) is 13.2. The number of hydrogen-bond acceptors (Lipinski definition) is 3. The summed E-state index contributed by atoms with van der Waals surface area (Å²) in [5.74, 6) is 1.34. The van der Waals surface area contributed by atoms with E-state index in [0.29, 0.717) is 29.9 Å². The Hall–Kier alpha value is -0.970. The summed E-state index contributed by atoms with van der Waals surface area (Å²) in [6.07, 6.45) is 9.38. The van der Waals surface area contributed by atoms with Gasteiger partial charge in [0.2, 0.25) is 0 Å². The second-order valence-corrected chi connectivity index (χ2v) is 8.29. The highest BCUT2D eigenvalue weighted by molar-refractivity contribution is 5.27. The van der Waals surface area contributed by atoms with Crippen molar-refractivity contribution in [2.75, 3.05) is 20.3 Å². The third kappa shape index (κ3) is 5.75. The van der Waals surface area contributed by atoms with Gasteiger partial charge in [0.15, 0.2) is 6.29 Å². The number of benzene rings is 1. The van der Waals surface area contributed by atoms with Crippen LogP contribution < -0.4 is 0 Å². The highest BCUT2D eigenvalue weighted by atomic mass is 19.1. The van der Waals surface area contributed by atoms with Crippen LogP contribution in [0.25, 0.3) is 0 Å². The molecule has 0 unspecified atom stereocenters. The molecular weight excluding hydrogens is 343 g/mol. The SMILES string of the molecule is CCCCCC1COC(C2CCC(c3ccc(COC)c(F)c3)CC2)OC1. The molecule has 2 aliphatic rings. The first-order valence-corrected chi connectivity index (χ1v) is 10.7. The van der Waals surface area contributed by atoms with E-state index in [-0.39, 0.29) is 12.1 Å². The van der Waals surface area contributed by atoms with Crippen LogP contribution >= 0.6 is 0 Å². The number of ether oxygens (including phenoxy) is 3. The fourth-order valence-electron chi connectivity index (χ4n) is 4.49. The van der Waals surface area contributed by atoms with Crippen LogP contribution in [0.15, 0.2) is 18.2 Å². The Morgan fingerprint density at radius 2 is 1.81 bits per heavy atom. The summed E-state index contributed by atoms with van der Waals surface area (Å²) in [7, 11) is 1.59. The first-order valence-electron chi connectivity index (χ1n) is 10.7. The average molecular weight is 379 g/mol. The highest BCUT2D eigenvalue weighted by Crippen LogP contribution is 2.39. The van der Waals surface area contributed by atoms with Crippen LogP contribution in [-0.4, -0.2) is 26.6 Å². The van der Waals surface area contributed by atoms with Gasteiger partial charge in [0, 0.05) is 24.5 Å². The smallest absolute Gasteiger partial charge is 0.160 e. The van der Waals surface area contributed by atoms with Crippen molar-refractivity contribution in [2.45, 2.75) is 77.1 Å². The van der Waals surface area contributed by atoms with Crippen molar-refractivity contribution in [1.29, 1.82) is 0 Å². The number of methoxy groups -OCH3 is 1. The van der Waals surface area contributed by atoms with Gasteiger partial charge in [-0.1, -0.05) is 38.3 Å². The molecule has 0 amide bonds. The monoisotopic (exact) mass is 378 g/mol. The van der Waals surface area contributed by atoms with Crippen molar-refractivity contribution in [2.24, 2.45) is 11.8 Å². The van der Waals surface area contributed by atoms with Gasteiger partial charge in [-0.05, 0) is 49.7 Å². The fraction of sp³-hybridized carbons (Fsp3) is 0.739. The minimum absolute atomic E-state index is 0.0332. The summed E-state index contributed by atoms with van der Waals surface area (Å²) in [6, 6.07) is 5.64. The Labute approximate surface area is 163 Å². The van der Waals surface area contributed by atoms with Gasteiger partial charge >= 0.3 is 0 Å². The van der Waals surface area contributed by atoms with Gasteiger partial charge < -0.3 is 14.2 Å². The maximum atomic E-state index is 14.2. The molecule has 0 aromatic heterocycles. The molecule has 1 saturated carbocycles. The van der Waals surface area contributed by atoms with Gasteiger partial charge in [0.25, 0.3) is 0 Å². The van der Waals surface area contributed by atoms with E-state index in [1.165, 1.54) is 25.7 Å². The first kappa shape index (κ1) is 20.8. The lowest BCUT2D eigenvalue weighted by Crippen LogP contribution is -2.38. The quantitative estimate of drug-likeness (QED) is 0.534. The minimum Gasteiger partial charge on any atom is -0.380 e. The summed E-state index contributed by atoms with van der Waals surface area (Å²) < 4.78 is 31.4. The molecule has 0 N–H and O–H groups in total. The lowest BCUT2D eigenvalue weighted by Gasteiger charge is -2.37. The molecule has 1 aromatic rings. The molecule has 3 rings (SSSR count). The van der Waals surface area contributed by atoms with Crippen molar-refractivity contribution in [3.05, 3.63) is 35.1 Å². The van der Waals surface area contributed by atoms with Gasteiger partial charge in [0.1, 0.15) is 5.82 Å². The molecule has 1 aromatic carbocycles. The lowest BCUT2D eigenvalue weighted by molar-refractivity contribution is -0.229. The molecule has 0 radical (unpaired) electrons. The van der Waals surface area contributed by atoms with Crippen molar-refractivity contribution in [1.82, 2.24) is 0 Å². The van der Waals surface area contributed by atoms with E-state index < -0.39 is 0 Å². The zero-order valence-corrected chi connectivity index (χ0v) is 16.9. The molecule has 3 nitrogen and oxygen atoms in total. The molecule has 1 heterocycles. The molecule has 0 atom stereocenters. The summed E-state index contributed by atoms with van der Waals surface area (Å²) in [5, 5.41) is 0. The van der Waals surface area contributed by atoms with Gasteiger partial charge in [-0.3, -0.25) is 0 Å². The molecule has 27 heavy (non-hydrogen) atoms. The normalized spacial score (nSPS) is 29.0. The number of rotatable bonds is 8. The van der Waals surface area contributed by atoms with Crippen LogP contribution in [0.2, 0.25) is 0 Å². The van der Waals surface area contributed by atoms with Crippen LogP contribution in [0.1, 0.15) is 75.3 Å². The Morgan fingerprint density at radius 3 is 2.44 bits per heavy atom. The van der Waals surface area contributed by atoms with Crippen molar-refractivity contribution < 1.29 is 18.6 Å². The lowest BCUT2D eigenvalue weighted by atomic mass is 9.78. The summed E-state index contributed by atoms with van der Waals surface area (Å²) in [5.41, 5.74) is 1.75. The molecule has 152 valence electrons. The largest absolute Gasteiger partial charge is 0.380 e. The third-order valence-electron chi connectivity index (χ3n) is 6.21. The van der Waals surface area contributed by atoms with E-state index in [0.717, 1.165) is 44.5 Å². The Balaban J connectivity index is 1.43. The van der Waals surface area contributed by atoms with E-state index in [4.69, 9.17) is 14.2 Å². The summed E-state index contributed by atoms with van der Waals surface area (Å²) in [6.45, 7) is 4.26. The second-order valence-electron chi connectivity index (χ2n) is 8.29. The Bertz CT molecular complexity index is 561. The molecule has 0 bridgehead atoms. The molecule has 2 fully saturated rings. The van der Waals surface area contributed by atoms with E-state index in [2.05, 4.69) is 13.0 Å². The van der Waals surface area contributed by atoms with Gasteiger partial charge in [-0.15, -0.1) is 0 Å². The molecule has 1 aliphatic carbocycles. The Morgan fingerprint density at radius 1 is 1.07 bits per heavy atom. The molecule has 1 saturated heterocycles. The van der Waals surface area contributed by atoms with Crippen LogP contribution in [0.4, 0.5) is 4.39 Å². The highest BCUT2D eigenvalue weighted by Gasteiger charge is 2.32. The standard InChI is InChI=1S/C23H35FO3/c1-3-4-5-6-17-14-26-23(27-15-17)19-9-7-18(8-10-19)20-11-12-21(16-25-2)22(24)13-20/h11-13,17-19,23H,3-10,14-16H2,1-2H3. The average Bonchev–Trinajstić information content (AvgIpc) is 2.71. The van der Waals surface area contributed by atoms with Gasteiger partial charge in [-0.2, -0.15) is 0 Å². The fourth-order valence-corrected chi connectivity index (χ4v) is 4.49. The topological polar surface area (TPSA) is 27.7 Å². The zero-order valence-electron chi connectivity index (χ0n) is 16.9. The maximum Gasteiger partial charge on any atom is 0.160 e. The van der Waals surface area contributed by atoms with Gasteiger partial charge in [0.05, 0.1) is 19.8 Å². The van der Waals surface area contributed by atoms with Crippen molar-refractivity contribution in [3.63, 3.8) is 0 Å². The molecule has 1 aliphatic heterocycles. The number of unbranched alkanes of at least 4 members (excludes halogenated alkanes) is 2. The third-order valence-corrected chi connectivity index (χ3v) is 6.21. The molecule has 4 heteroatoms. The van der Waals surface area contributed by atoms with Crippen LogP contribution in [0.3, 0.4) is 0 Å². The van der Waals surface area contributed by atoms with E-state index in [1.54, 1.807) is 13.2 Å². The Kier molecular flexibility index (Phi) is 8.10. The number of halogens is 1. The number of hydrogen-bond donors (Lipinski definition) is 0. The molecule has 0 spiro atoms. The molecular formula is C23H35FO3. The zero-order chi connectivity index (χ0) is 19.1. The van der Waals surface area contributed by atoms with Crippen LogP contribution in [0.5, 0.6) is 0 Å². The van der Waals surface area contributed by atoms with Gasteiger partial charge in [-0.25, -0.2) is 4.39 Å².